The zero-order valence-electron chi connectivity index (χ0n) is 16.8. The molecular formula is C25H19Cl2NO3. The lowest BCUT2D eigenvalue weighted by Crippen LogP contribution is -2.32. The molecule has 3 aromatic carbocycles. The molecule has 0 radical (unpaired) electrons. The number of ketones is 1. The maximum atomic E-state index is 13.1. The minimum absolute atomic E-state index is 0.126. The van der Waals surface area contributed by atoms with Gasteiger partial charge in [-0.25, -0.2) is 0 Å². The number of hydrogen-bond acceptors (Lipinski definition) is 4. The highest BCUT2D eigenvalue weighted by molar-refractivity contribution is 6.31. The Labute approximate surface area is 190 Å². The number of rotatable bonds is 3. The van der Waals surface area contributed by atoms with E-state index in [0.717, 1.165) is 33.0 Å². The maximum Gasteiger partial charge on any atom is 0.232 e. The van der Waals surface area contributed by atoms with Crippen LogP contribution >= 0.6 is 23.2 Å². The first-order valence-corrected chi connectivity index (χ1v) is 10.7. The molecule has 5 rings (SSSR count). The predicted molar refractivity (Wildman–Crippen MR) is 122 cm³/mol. The number of halogens is 2. The van der Waals surface area contributed by atoms with E-state index in [0.29, 0.717) is 36.2 Å². The van der Waals surface area contributed by atoms with Gasteiger partial charge >= 0.3 is 0 Å². The molecular weight excluding hydrogens is 433 g/mol. The number of hydrogen-bond donors (Lipinski definition) is 0. The fourth-order valence-corrected chi connectivity index (χ4v) is 4.39. The minimum atomic E-state index is -0.126. The third kappa shape index (κ3) is 3.83. The minimum Gasteiger partial charge on any atom is -0.478 e. The summed E-state index contributed by atoms with van der Waals surface area (Å²) < 4.78 is 12.1. The van der Waals surface area contributed by atoms with Gasteiger partial charge in [0.2, 0.25) is 5.78 Å². The topological polar surface area (TPSA) is 38.8 Å². The molecule has 0 spiro atoms. The summed E-state index contributed by atoms with van der Waals surface area (Å²) in [5.41, 5.74) is 4.15. The normalized spacial score (nSPS) is 16.6. The number of aryl methyl sites for hydroxylation is 1. The third-order valence-corrected chi connectivity index (χ3v) is 6.09. The van der Waals surface area contributed by atoms with Crippen LogP contribution in [0.15, 0.2) is 60.4 Å². The summed E-state index contributed by atoms with van der Waals surface area (Å²) in [4.78, 5) is 15.2. The van der Waals surface area contributed by atoms with Crippen LogP contribution < -0.4 is 9.47 Å². The van der Waals surface area contributed by atoms with Gasteiger partial charge in [0.05, 0.1) is 11.1 Å². The van der Waals surface area contributed by atoms with Crippen molar-refractivity contribution in [2.24, 2.45) is 0 Å². The lowest BCUT2D eigenvalue weighted by Gasteiger charge is -2.30. The molecule has 0 atom stereocenters. The first kappa shape index (κ1) is 20.1. The van der Waals surface area contributed by atoms with Gasteiger partial charge in [0.15, 0.2) is 5.76 Å². The lowest BCUT2D eigenvalue weighted by molar-refractivity contribution is 0.0872. The Kier molecular flexibility index (Phi) is 5.22. The monoisotopic (exact) mass is 451 g/mol. The molecule has 0 saturated heterocycles. The van der Waals surface area contributed by atoms with Crippen LogP contribution in [0.2, 0.25) is 10.0 Å². The Balaban J connectivity index is 1.48. The fraction of sp³-hybridized carbons (Fsp3) is 0.160. The number of carbonyl (C=O) groups excluding carboxylic acids is 1. The van der Waals surface area contributed by atoms with Gasteiger partial charge < -0.3 is 9.47 Å². The molecule has 4 nitrogen and oxygen atoms in total. The third-order valence-electron chi connectivity index (χ3n) is 5.49. The zero-order chi connectivity index (χ0) is 21.5. The summed E-state index contributed by atoms with van der Waals surface area (Å²) in [6, 6.07) is 17.0. The van der Waals surface area contributed by atoms with Crippen LogP contribution in [-0.4, -0.2) is 17.4 Å². The van der Waals surface area contributed by atoms with E-state index in [4.69, 9.17) is 32.7 Å². The number of allylic oxidation sites excluding steroid dienone is 1. The number of fused-ring (bicyclic) bond motifs is 3. The van der Waals surface area contributed by atoms with Crippen LogP contribution in [0.4, 0.5) is 0 Å². The summed E-state index contributed by atoms with van der Waals surface area (Å²) in [6.07, 6.45) is 1.73. The molecule has 6 heteroatoms. The van der Waals surface area contributed by atoms with Crippen molar-refractivity contribution in [2.75, 3.05) is 6.73 Å². The quantitative estimate of drug-likeness (QED) is 0.439. The molecule has 0 fully saturated rings. The van der Waals surface area contributed by atoms with Gasteiger partial charge in [-0.15, -0.1) is 0 Å². The van der Waals surface area contributed by atoms with E-state index in [1.54, 1.807) is 18.2 Å². The largest absolute Gasteiger partial charge is 0.478 e. The number of nitrogens with zero attached hydrogens (tertiary/aromatic N) is 1. The van der Waals surface area contributed by atoms with Gasteiger partial charge in [0.25, 0.3) is 0 Å². The zero-order valence-corrected chi connectivity index (χ0v) is 18.3. The van der Waals surface area contributed by atoms with Crippen molar-refractivity contribution in [1.82, 2.24) is 4.90 Å². The van der Waals surface area contributed by atoms with Crippen molar-refractivity contribution in [2.45, 2.75) is 20.0 Å². The van der Waals surface area contributed by atoms with E-state index < -0.39 is 0 Å². The van der Waals surface area contributed by atoms with Gasteiger partial charge in [0, 0.05) is 23.1 Å². The number of Topliss-reactive ketones (excluding diaryl/α,β-unsaturated/α-hetero) is 1. The Bertz CT molecular complexity index is 1240. The highest BCUT2D eigenvalue weighted by Gasteiger charge is 2.35. The highest BCUT2D eigenvalue weighted by atomic mass is 35.5. The Morgan fingerprint density at radius 2 is 1.94 bits per heavy atom. The summed E-state index contributed by atoms with van der Waals surface area (Å²) >= 11 is 12.4. The molecule has 2 heterocycles. The van der Waals surface area contributed by atoms with Crippen molar-refractivity contribution in [3.8, 4) is 11.5 Å². The number of benzene rings is 3. The standard InChI is InChI=1S/C25H19Cl2NO3/c1-15-9-21-19(13-28(14-30-21)12-17-6-2-3-8-20(17)27)25-23(15)24(29)22(31-25)11-16-5-4-7-18(26)10-16/h2-11H,12-14H2,1H3/b22-11-. The molecule has 0 bridgehead atoms. The number of ether oxygens (including phenoxy) is 2. The van der Waals surface area contributed by atoms with Crippen molar-refractivity contribution in [1.29, 1.82) is 0 Å². The highest BCUT2D eigenvalue weighted by Crippen LogP contribution is 2.44. The van der Waals surface area contributed by atoms with E-state index >= 15 is 0 Å². The maximum absolute atomic E-state index is 13.1. The smallest absolute Gasteiger partial charge is 0.232 e. The van der Waals surface area contributed by atoms with Crippen LogP contribution in [-0.2, 0) is 13.1 Å². The summed E-state index contributed by atoms with van der Waals surface area (Å²) in [5.74, 6) is 1.50. The molecule has 0 saturated carbocycles. The molecule has 0 N–H and O–H groups in total. The molecule has 0 unspecified atom stereocenters. The average Bonchev–Trinajstić information content (AvgIpc) is 3.07. The van der Waals surface area contributed by atoms with Gasteiger partial charge in [0.1, 0.15) is 18.2 Å². The first-order chi connectivity index (χ1) is 15.0. The van der Waals surface area contributed by atoms with E-state index in [1.165, 1.54) is 0 Å². The number of carbonyl (C=O) groups is 1. The van der Waals surface area contributed by atoms with Gasteiger partial charge in [-0.3, -0.25) is 9.69 Å². The summed E-state index contributed by atoms with van der Waals surface area (Å²) in [5, 5.41) is 1.33. The summed E-state index contributed by atoms with van der Waals surface area (Å²) in [7, 11) is 0. The second-order valence-corrected chi connectivity index (χ2v) is 8.56. The van der Waals surface area contributed by atoms with Crippen molar-refractivity contribution in [3.63, 3.8) is 0 Å². The second-order valence-electron chi connectivity index (χ2n) is 7.72. The van der Waals surface area contributed by atoms with E-state index in [9.17, 15) is 4.79 Å². The van der Waals surface area contributed by atoms with E-state index in [1.807, 2.05) is 49.4 Å². The molecule has 0 amide bonds. The van der Waals surface area contributed by atoms with Crippen LogP contribution in [0.25, 0.3) is 6.08 Å². The summed E-state index contributed by atoms with van der Waals surface area (Å²) in [6.45, 7) is 3.58. The molecule has 0 aliphatic carbocycles. The second kappa shape index (κ2) is 8.04. The SMILES string of the molecule is Cc1cc2c(c3c1C(=O)/C(=C/c1cccc(Cl)c1)O3)CN(Cc1ccccc1Cl)CO2. The lowest BCUT2D eigenvalue weighted by atomic mass is 9.98. The van der Waals surface area contributed by atoms with E-state index in [-0.39, 0.29) is 11.5 Å². The fourth-order valence-electron chi connectivity index (χ4n) is 3.99. The predicted octanol–water partition coefficient (Wildman–Crippen LogP) is 6.27. The Morgan fingerprint density at radius 3 is 2.74 bits per heavy atom. The van der Waals surface area contributed by atoms with Crippen LogP contribution in [0, 0.1) is 6.92 Å². The van der Waals surface area contributed by atoms with Crippen molar-refractivity contribution in [3.05, 3.63) is 98.2 Å². The average molecular weight is 452 g/mol. The molecule has 2 aliphatic heterocycles. The Hall–Kier alpha value is -2.79. The molecule has 31 heavy (non-hydrogen) atoms. The van der Waals surface area contributed by atoms with Crippen LogP contribution in [0.1, 0.15) is 32.6 Å². The van der Waals surface area contributed by atoms with Crippen molar-refractivity contribution < 1.29 is 14.3 Å². The molecule has 3 aromatic rings. The van der Waals surface area contributed by atoms with Gasteiger partial charge in [-0.05, 0) is 54.0 Å². The van der Waals surface area contributed by atoms with Crippen LogP contribution in [0.5, 0.6) is 11.5 Å². The first-order valence-electron chi connectivity index (χ1n) is 9.94. The van der Waals surface area contributed by atoms with Gasteiger partial charge in [-0.2, -0.15) is 0 Å². The van der Waals surface area contributed by atoms with Crippen molar-refractivity contribution >= 4 is 35.1 Å². The van der Waals surface area contributed by atoms with Crippen LogP contribution in [0.3, 0.4) is 0 Å². The van der Waals surface area contributed by atoms with E-state index in [2.05, 4.69) is 4.90 Å². The molecule has 156 valence electrons. The molecule has 2 aliphatic rings. The molecule has 0 aromatic heterocycles. The Morgan fingerprint density at radius 1 is 1.10 bits per heavy atom. The van der Waals surface area contributed by atoms with Gasteiger partial charge in [-0.1, -0.05) is 53.5 Å².